The van der Waals surface area contributed by atoms with Crippen LogP contribution < -0.4 is 0 Å². The van der Waals surface area contributed by atoms with Crippen LogP contribution in [0.2, 0.25) is 0 Å². The second-order valence-electron chi connectivity index (χ2n) is 9.45. The Labute approximate surface area is 210 Å². The van der Waals surface area contributed by atoms with Gasteiger partial charge in [0.15, 0.2) is 0 Å². The molecule has 5 heteroatoms. The average Bonchev–Trinajstić information content (AvgIpc) is 3.35. The van der Waals surface area contributed by atoms with Crippen molar-refractivity contribution in [2.45, 2.75) is 39.3 Å². The molecule has 0 radical (unpaired) electrons. The third-order valence-corrected chi connectivity index (χ3v) is 7.98. The van der Waals surface area contributed by atoms with Crippen LogP contribution in [0.5, 0.6) is 0 Å². The number of carbonyl (C=O) groups is 2. The lowest BCUT2D eigenvalue weighted by molar-refractivity contribution is -0.134. The van der Waals surface area contributed by atoms with Gasteiger partial charge in [0.1, 0.15) is 6.54 Å². The summed E-state index contributed by atoms with van der Waals surface area (Å²) in [5.74, 6) is -0.122. The first-order valence-electron chi connectivity index (χ1n) is 12.2. The number of thiophene rings is 1. The zero-order valence-corrected chi connectivity index (χ0v) is 21.2. The Morgan fingerprint density at radius 2 is 1.71 bits per heavy atom. The number of fused-ring (bicyclic) bond motifs is 2. The fourth-order valence-corrected chi connectivity index (χ4v) is 6.01. The van der Waals surface area contributed by atoms with Gasteiger partial charge in [-0.05, 0) is 72.2 Å². The molecule has 4 aromatic rings. The lowest BCUT2D eigenvalue weighted by atomic mass is 9.90. The minimum Gasteiger partial charge on any atom is -0.330 e. The van der Waals surface area contributed by atoms with E-state index in [1.807, 2.05) is 73.3 Å². The Balaban J connectivity index is 1.47. The van der Waals surface area contributed by atoms with E-state index >= 15 is 0 Å². The number of hydrogen-bond acceptors (Lipinski definition) is 3. The highest BCUT2D eigenvalue weighted by Crippen LogP contribution is 2.39. The minimum absolute atomic E-state index is 0.0163. The van der Waals surface area contributed by atoms with Gasteiger partial charge in [-0.1, -0.05) is 60.7 Å². The molecule has 0 N–H and O–H groups in total. The number of carbonyl (C=O) groups excluding carboxylic acids is 2. The molecule has 0 unspecified atom stereocenters. The van der Waals surface area contributed by atoms with E-state index in [1.54, 1.807) is 16.2 Å². The largest absolute Gasteiger partial charge is 0.330 e. The monoisotopic (exact) mass is 482 g/mol. The Morgan fingerprint density at radius 1 is 0.971 bits per heavy atom. The number of benzene rings is 3. The second-order valence-corrected chi connectivity index (χ2v) is 10.4. The van der Waals surface area contributed by atoms with Gasteiger partial charge in [-0.15, -0.1) is 11.3 Å². The topological polar surface area (TPSA) is 40.6 Å². The van der Waals surface area contributed by atoms with Crippen molar-refractivity contribution in [3.8, 4) is 0 Å². The maximum Gasteiger partial charge on any atom is 0.255 e. The quantitative estimate of drug-likeness (QED) is 0.338. The molecule has 0 aliphatic carbocycles. The van der Waals surface area contributed by atoms with Gasteiger partial charge in [-0.25, -0.2) is 0 Å². The van der Waals surface area contributed by atoms with Crippen molar-refractivity contribution in [2.24, 2.45) is 0 Å². The van der Waals surface area contributed by atoms with Crippen LogP contribution in [0.15, 0.2) is 78.2 Å². The predicted octanol–water partition coefficient (Wildman–Crippen LogP) is 6.23. The van der Waals surface area contributed by atoms with Crippen molar-refractivity contribution < 1.29 is 9.59 Å². The van der Waals surface area contributed by atoms with Crippen molar-refractivity contribution >= 4 is 33.9 Å². The molecule has 1 aromatic heterocycles. The molecule has 0 fully saturated rings. The molecule has 178 valence electrons. The molecule has 2 amide bonds. The van der Waals surface area contributed by atoms with Gasteiger partial charge in [0.05, 0.1) is 6.04 Å². The Morgan fingerprint density at radius 3 is 2.51 bits per heavy atom. The van der Waals surface area contributed by atoms with E-state index in [1.165, 1.54) is 16.0 Å². The first-order valence-corrected chi connectivity index (χ1v) is 13.0. The first-order chi connectivity index (χ1) is 17.0. The van der Waals surface area contributed by atoms with Crippen LogP contribution in [0.4, 0.5) is 0 Å². The lowest BCUT2D eigenvalue weighted by Crippen LogP contribution is -2.48. The van der Waals surface area contributed by atoms with Crippen LogP contribution in [0.25, 0.3) is 10.8 Å². The summed E-state index contributed by atoms with van der Waals surface area (Å²) < 4.78 is 0. The van der Waals surface area contributed by atoms with E-state index in [2.05, 4.69) is 30.5 Å². The fourth-order valence-electron chi connectivity index (χ4n) is 5.11. The summed E-state index contributed by atoms with van der Waals surface area (Å²) in [5, 5.41) is 4.06. The molecular weight excluding hydrogens is 452 g/mol. The van der Waals surface area contributed by atoms with Crippen molar-refractivity contribution in [1.82, 2.24) is 9.80 Å². The fraction of sp³-hybridized carbons (Fsp3) is 0.267. The smallest absolute Gasteiger partial charge is 0.255 e. The van der Waals surface area contributed by atoms with Crippen LogP contribution in [-0.4, -0.2) is 40.7 Å². The molecular formula is C30H30N2O2S. The normalized spacial score (nSPS) is 15.3. The van der Waals surface area contributed by atoms with Crippen LogP contribution in [0.1, 0.15) is 51.8 Å². The van der Waals surface area contributed by atoms with Gasteiger partial charge >= 0.3 is 0 Å². The summed E-state index contributed by atoms with van der Waals surface area (Å²) in [6.07, 6.45) is 0.847. The number of amides is 2. The molecule has 0 spiro atoms. The van der Waals surface area contributed by atoms with Gasteiger partial charge in [-0.2, -0.15) is 0 Å². The molecule has 1 aliphatic heterocycles. The molecule has 1 atom stereocenters. The highest BCUT2D eigenvalue weighted by atomic mass is 32.1. The maximum atomic E-state index is 13.9. The molecule has 5 rings (SSSR count). The van der Waals surface area contributed by atoms with Gasteiger partial charge in [0.25, 0.3) is 5.91 Å². The molecule has 1 aliphatic rings. The zero-order valence-electron chi connectivity index (χ0n) is 20.4. The van der Waals surface area contributed by atoms with Crippen LogP contribution in [-0.2, 0) is 11.2 Å². The summed E-state index contributed by atoms with van der Waals surface area (Å²) in [4.78, 5) is 32.6. The Hall–Kier alpha value is -3.44. The molecule has 3 aromatic carbocycles. The number of rotatable bonds is 5. The number of nitrogens with zero attached hydrogens (tertiary/aromatic N) is 2. The molecule has 35 heavy (non-hydrogen) atoms. The van der Waals surface area contributed by atoms with E-state index in [4.69, 9.17) is 0 Å². The Bertz CT molecular complexity index is 1380. The van der Waals surface area contributed by atoms with E-state index in [0.717, 1.165) is 22.8 Å². The van der Waals surface area contributed by atoms with Crippen molar-refractivity contribution in [2.75, 3.05) is 13.1 Å². The molecule has 0 saturated heterocycles. The van der Waals surface area contributed by atoms with E-state index < -0.39 is 0 Å². The highest BCUT2D eigenvalue weighted by Gasteiger charge is 2.35. The maximum absolute atomic E-state index is 13.9. The van der Waals surface area contributed by atoms with Gasteiger partial charge < -0.3 is 9.80 Å². The summed E-state index contributed by atoms with van der Waals surface area (Å²) in [6.45, 7) is 6.76. The van der Waals surface area contributed by atoms with E-state index in [9.17, 15) is 9.59 Å². The molecule has 0 bridgehead atoms. The highest BCUT2D eigenvalue weighted by molar-refractivity contribution is 7.10. The summed E-state index contributed by atoms with van der Waals surface area (Å²) in [7, 11) is 0. The second kappa shape index (κ2) is 9.67. The number of hydrogen-bond donors (Lipinski definition) is 0. The van der Waals surface area contributed by atoms with E-state index in [0.29, 0.717) is 12.1 Å². The predicted molar refractivity (Wildman–Crippen MR) is 143 cm³/mol. The van der Waals surface area contributed by atoms with Crippen molar-refractivity contribution in [1.29, 1.82) is 0 Å². The SMILES string of the molecule is Cc1ccccc1[C@@H]1c2ccsc2CCN1C(=O)CN(C(=O)c1cccc2ccccc12)C(C)C. The van der Waals surface area contributed by atoms with E-state index in [-0.39, 0.29) is 30.4 Å². The standard InChI is InChI=1S/C30H30N2O2S/c1-20(2)32(30(34)25-14-8-11-22-10-5-7-13-24(22)25)19-28(33)31-17-15-27-26(16-18-35-27)29(31)23-12-6-4-9-21(23)3/h4-14,16,18,20,29H,15,17,19H2,1-3H3/t29-/m1/s1. The minimum atomic E-state index is -0.125. The Kier molecular flexibility index (Phi) is 6.44. The zero-order chi connectivity index (χ0) is 24.5. The summed E-state index contributed by atoms with van der Waals surface area (Å²) in [6, 6.07) is 23.9. The third kappa shape index (κ3) is 4.37. The van der Waals surface area contributed by atoms with Crippen molar-refractivity contribution in [3.63, 3.8) is 0 Å². The van der Waals surface area contributed by atoms with Gasteiger partial charge in [-0.3, -0.25) is 9.59 Å². The summed E-state index contributed by atoms with van der Waals surface area (Å²) >= 11 is 1.76. The van der Waals surface area contributed by atoms with Crippen molar-refractivity contribution in [3.05, 3.63) is 105 Å². The summed E-state index contributed by atoms with van der Waals surface area (Å²) in [5.41, 5.74) is 4.16. The lowest BCUT2D eigenvalue weighted by Gasteiger charge is -2.38. The average molecular weight is 483 g/mol. The first kappa shape index (κ1) is 23.3. The molecule has 0 saturated carbocycles. The van der Waals surface area contributed by atoms with Crippen LogP contribution in [0, 0.1) is 6.92 Å². The molecule has 2 heterocycles. The van der Waals surface area contributed by atoms with Crippen LogP contribution >= 0.6 is 11.3 Å². The van der Waals surface area contributed by atoms with Crippen LogP contribution in [0.3, 0.4) is 0 Å². The number of aryl methyl sites for hydroxylation is 1. The third-order valence-electron chi connectivity index (χ3n) is 6.98. The molecule has 4 nitrogen and oxygen atoms in total. The van der Waals surface area contributed by atoms with Gasteiger partial charge in [0, 0.05) is 23.0 Å². The van der Waals surface area contributed by atoms with Gasteiger partial charge in [0.2, 0.25) is 5.91 Å².